The topological polar surface area (TPSA) is 0 Å². The zero-order valence-electron chi connectivity index (χ0n) is 9.77. The Bertz CT molecular complexity index is 425. The van der Waals surface area contributed by atoms with E-state index in [4.69, 9.17) is 0 Å². The fourth-order valence-electron chi connectivity index (χ4n) is 1.55. The maximum atomic E-state index is 2.14. The van der Waals surface area contributed by atoms with E-state index in [1.165, 1.54) is 22.3 Å². The largest absolute Gasteiger partial charge is 0.0776 e. The third-order valence-electron chi connectivity index (χ3n) is 2.62. The molecule has 0 heterocycles. The lowest BCUT2D eigenvalue weighted by atomic mass is 10.1. The second-order valence-electron chi connectivity index (χ2n) is 4.15. The van der Waals surface area contributed by atoms with Gasteiger partial charge in [0.25, 0.3) is 0 Å². The van der Waals surface area contributed by atoms with Crippen molar-refractivity contribution in [2.24, 2.45) is 0 Å². The molecule has 0 saturated heterocycles. The van der Waals surface area contributed by atoms with Crippen molar-refractivity contribution in [2.45, 2.75) is 28.7 Å². The minimum absolute atomic E-state index is 0. The van der Waals surface area contributed by atoms with Gasteiger partial charge < -0.3 is 0 Å². The highest BCUT2D eigenvalue weighted by molar-refractivity contribution is 5.69. The van der Waals surface area contributed by atoms with Crippen LogP contribution in [0, 0.1) is 13.8 Å². The van der Waals surface area contributed by atoms with Crippen LogP contribution in [0.25, 0.3) is 12.2 Å². The molecule has 0 aliphatic rings. The average Bonchev–Trinajstić information content (AvgIpc) is 2.30. The maximum absolute atomic E-state index is 2.14. The van der Waals surface area contributed by atoms with E-state index in [1.54, 1.807) is 0 Å². The van der Waals surface area contributed by atoms with Crippen LogP contribution in [0.3, 0.4) is 0 Å². The van der Waals surface area contributed by atoms with E-state index < -0.39 is 0 Å². The molecule has 0 aromatic heterocycles. The van der Waals surface area contributed by atoms with Crippen molar-refractivity contribution in [3.05, 3.63) is 70.8 Å². The lowest BCUT2D eigenvalue weighted by Crippen LogP contribution is -1.75. The van der Waals surface area contributed by atoms with Gasteiger partial charge >= 0.3 is 0 Å². The van der Waals surface area contributed by atoms with Gasteiger partial charge in [-0.15, -0.1) is 0 Å². The molecule has 0 N–H and O–H groups in total. The van der Waals surface area contributed by atoms with Gasteiger partial charge in [0.1, 0.15) is 0 Å². The van der Waals surface area contributed by atoms with E-state index in [9.17, 15) is 0 Å². The first-order valence-corrected chi connectivity index (χ1v) is 5.55. The van der Waals surface area contributed by atoms with Crippen molar-refractivity contribution in [3.63, 3.8) is 0 Å². The summed E-state index contributed by atoms with van der Waals surface area (Å²) in [6, 6.07) is 17.1. The summed E-state index contributed by atoms with van der Waals surface area (Å²) >= 11 is 0. The van der Waals surface area contributed by atoms with Crippen molar-refractivity contribution in [1.82, 2.24) is 0 Å². The van der Waals surface area contributed by atoms with Crippen LogP contribution in [-0.2, 0) is 0 Å². The first kappa shape index (κ1) is 16.2. The molecule has 0 fully saturated rings. The van der Waals surface area contributed by atoms with Crippen LogP contribution in [0.4, 0.5) is 0 Å². The van der Waals surface area contributed by atoms with Crippen molar-refractivity contribution in [1.29, 1.82) is 0 Å². The first-order valence-electron chi connectivity index (χ1n) is 5.55. The SMILES string of the molecule is C.C.Cc1ccc(C=Cc2ccc(C)cc2)cc1. The Morgan fingerprint density at radius 1 is 0.556 bits per heavy atom. The van der Waals surface area contributed by atoms with Gasteiger partial charge in [0.15, 0.2) is 0 Å². The molecule has 0 unspecified atom stereocenters. The third-order valence-corrected chi connectivity index (χ3v) is 2.62. The Balaban J connectivity index is 0.00000144. The van der Waals surface area contributed by atoms with Gasteiger partial charge in [0.2, 0.25) is 0 Å². The van der Waals surface area contributed by atoms with Gasteiger partial charge in [0.05, 0.1) is 0 Å². The van der Waals surface area contributed by atoms with E-state index in [-0.39, 0.29) is 14.9 Å². The van der Waals surface area contributed by atoms with Crippen molar-refractivity contribution in [2.75, 3.05) is 0 Å². The van der Waals surface area contributed by atoms with Gasteiger partial charge in [-0.2, -0.15) is 0 Å². The number of hydrogen-bond donors (Lipinski definition) is 0. The molecule has 2 rings (SSSR count). The smallest absolute Gasteiger partial charge is 0.0256 e. The normalized spacial score (nSPS) is 9.67. The summed E-state index contributed by atoms with van der Waals surface area (Å²) in [5, 5.41) is 0. The van der Waals surface area contributed by atoms with Crippen LogP contribution in [0.2, 0.25) is 0 Å². The van der Waals surface area contributed by atoms with E-state index in [0.717, 1.165) is 0 Å². The summed E-state index contributed by atoms with van der Waals surface area (Å²) in [4.78, 5) is 0. The number of hydrogen-bond acceptors (Lipinski definition) is 0. The Hall–Kier alpha value is -1.82. The second kappa shape index (κ2) is 7.50. The lowest BCUT2D eigenvalue weighted by Gasteiger charge is -1.96. The number of rotatable bonds is 2. The van der Waals surface area contributed by atoms with Crippen LogP contribution in [0.5, 0.6) is 0 Å². The Labute approximate surface area is 112 Å². The molecule has 18 heavy (non-hydrogen) atoms. The molecule has 2 aromatic carbocycles. The molecule has 0 nitrogen and oxygen atoms in total. The van der Waals surface area contributed by atoms with Crippen molar-refractivity contribution in [3.8, 4) is 0 Å². The average molecular weight is 240 g/mol. The molecule has 96 valence electrons. The monoisotopic (exact) mass is 240 g/mol. The Kier molecular flexibility index (Phi) is 6.74. The van der Waals surface area contributed by atoms with Crippen LogP contribution in [0.15, 0.2) is 48.5 Å². The van der Waals surface area contributed by atoms with E-state index in [1.807, 2.05) is 0 Å². The molecule has 0 spiro atoms. The predicted molar refractivity (Wildman–Crippen MR) is 84.7 cm³/mol. The van der Waals surface area contributed by atoms with Gasteiger partial charge in [-0.3, -0.25) is 0 Å². The summed E-state index contributed by atoms with van der Waals surface area (Å²) in [6.07, 6.45) is 4.29. The van der Waals surface area contributed by atoms with Crippen LogP contribution < -0.4 is 0 Å². The standard InChI is InChI=1S/C16H16.2CH4/c1-13-3-7-15(8-4-13)11-12-16-9-5-14(2)6-10-16;;/h3-12H,1-2H3;2*1H4. The molecule has 0 aliphatic carbocycles. The van der Waals surface area contributed by atoms with E-state index in [0.29, 0.717) is 0 Å². The zero-order valence-corrected chi connectivity index (χ0v) is 9.77. The van der Waals surface area contributed by atoms with Crippen LogP contribution in [-0.4, -0.2) is 0 Å². The molecular weight excluding hydrogens is 216 g/mol. The molecule has 0 amide bonds. The fraction of sp³-hybridized carbons (Fsp3) is 0.222. The number of benzene rings is 2. The molecule has 0 heteroatoms. The van der Waals surface area contributed by atoms with Gasteiger partial charge in [-0.1, -0.05) is 86.7 Å². The molecule has 0 bridgehead atoms. The summed E-state index contributed by atoms with van der Waals surface area (Å²) in [7, 11) is 0. The third kappa shape index (κ3) is 4.58. The highest BCUT2D eigenvalue weighted by Crippen LogP contribution is 2.10. The van der Waals surface area contributed by atoms with Crippen molar-refractivity contribution >= 4 is 12.2 Å². The summed E-state index contributed by atoms with van der Waals surface area (Å²) in [5.41, 5.74) is 5.08. The molecule has 0 atom stereocenters. The highest BCUT2D eigenvalue weighted by atomic mass is 13.9. The Morgan fingerprint density at radius 3 is 1.11 bits per heavy atom. The zero-order chi connectivity index (χ0) is 11.4. The molecule has 0 radical (unpaired) electrons. The Morgan fingerprint density at radius 2 is 0.833 bits per heavy atom. The molecule has 0 saturated carbocycles. The summed E-state index contributed by atoms with van der Waals surface area (Å²) < 4.78 is 0. The minimum atomic E-state index is 0. The minimum Gasteiger partial charge on any atom is -0.0776 e. The van der Waals surface area contributed by atoms with E-state index >= 15 is 0 Å². The second-order valence-corrected chi connectivity index (χ2v) is 4.15. The predicted octanol–water partition coefficient (Wildman–Crippen LogP) is 5.75. The lowest BCUT2D eigenvalue weighted by molar-refractivity contribution is 1.46. The van der Waals surface area contributed by atoms with Gasteiger partial charge in [0, 0.05) is 0 Å². The van der Waals surface area contributed by atoms with Gasteiger partial charge in [-0.25, -0.2) is 0 Å². The highest BCUT2D eigenvalue weighted by Gasteiger charge is 1.88. The van der Waals surface area contributed by atoms with E-state index in [2.05, 4.69) is 74.5 Å². The van der Waals surface area contributed by atoms with Gasteiger partial charge in [-0.05, 0) is 25.0 Å². The maximum Gasteiger partial charge on any atom is -0.0256 e. The first-order chi connectivity index (χ1) is 7.74. The van der Waals surface area contributed by atoms with Crippen molar-refractivity contribution < 1.29 is 0 Å². The fourth-order valence-corrected chi connectivity index (χ4v) is 1.55. The quantitative estimate of drug-likeness (QED) is 0.587. The number of aryl methyl sites for hydroxylation is 2. The molecule has 0 aliphatic heterocycles. The summed E-state index contributed by atoms with van der Waals surface area (Å²) in [5.74, 6) is 0. The molecule has 2 aromatic rings. The van der Waals surface area contributed by atoms with Crippen LogP contribution in [0.1, 0.15) is 37.1 Å². The summed E-state index contributed by atoms with van der Waals surface area (Å²) in [6.45, 7) is 4.21. The van der Waals surface area contributed by atoms with Crippen LogP contribution >= 0.6 is 0 Å². The molecular formula is C18H24.